The van der Waals surface area contributed by atoms with Crippen LogP contribution in [-0.2, 0) is 17.9 Å². The highest BCUT2D eigenvalue weighted by Crippen LogP contribution is 2.22. The number of hydrogen-bond donors (Lipinski definition) is 1. The van der Waals surface area contributed by atoms with E-state index in [0.717, 1.165) is 16.8 Å². The Balaban J connectivity index is 1.63. The van der Waals surface area contributed by atoms with Gasteiger partial charge in [0.15, 0.2) is 5.82 Å². The standard InChI is InChI=1S/C23H20N4OS/c28-21(24-16-18-10-4-1-5-11-18)17-26-23(29)27(20-14-8-3-9-15-20)22(25-26)19-12-6-2-7-13-19/h1-15H,16-17H2,(H,24,28). The summed E-state index contributed by atoms with van der Waals surface area (Å²) in [5, 5.41) is 7.59. The largest absolute Gasteiger partial charge is 0.350 e. The molecule has 3 aromatic carbocycles. The summed E-state index contributed by atoms with van der Waals surface area (Å²) < 4.78 is 3.95. The third-order valence-electron chi connectivity index (χ3n) is 4.51. The van der Waals surface area contributed by atoms with Gasteiger partial charge in [-0.1, -0.05) is 78.9 Å². The van der Waals surface area contributed by atoms with Crippen LogP contribution in [0.15, 0.2) is 91.0 Å². The van der Waals surface area contributed by atoms with Gasteiger partial charge in [-0.05, 0) is 29.9 Å². The van der Waals surface area contributed by atoms with Crippen molar-refractivity contribution in [1.29, 1.82) is 0 Å². The summed E-state index contributed by atoms with van der Waals surface area (Å²) in [4.78, 5) is 12.5. The molecule has 0 aliphatic heterocycles. The Hall–Kier alpha value is -3.51. The maximum atomic E-state index is 12.5. The molecule has 0 unspecified atom stereocenters. The van der Waals surface area contributed by atoms with Crippen molar-refractivity contribution in [3.8, 4) is 17.1 Å². The molecule has 0 saturated carbocycles. The van der Waals surface area contributed by atoms with Gasteiger partial charge in [0.1, 0.15) is 6.54 Å². The van der Waals surface area contributed by atoms with Crippen molar-refractivity contribution in [3.63, 3.8) is 0 Å². The van der Waals surface area contributed by atoms with Crippen LogP contribution in [0.5, 0.6) is 0 Å². The molecule has 0 aliphatic rings. The molecule has 0 fully saturated rings. The lowest BCUT2D eigenvalue weighted by Crippen LogP contribution is -2.27. The summed E-state index contributed by atoms with van der Waals surface area (Å²) in [6.07, 6.45) is 0. The molecule has 29 heavy (non-hydrogen) atoms. The summed E-state index contributed by atoms with van der Waals surface area (Å²) in [6.45, 7) is 0.531. The number of aromatic nitrogens is 3. The van der Waals surface area contributed by atoms with Crippen molar-refractivity contribution >= 4 is 18.1 Å². The third kappa shape index (κ3) is 4.33. The average molecular weight is 401 g/mol. The van der Waals surface area contributed by atoms with Crippen molar-refractivity contribution in [2.24, 2.45) is 0 Å². The summed E-state index contributed by atoms with van der Waals surface area (Å²) in [5.74, 6) is 0.569. The van der Waals surface area contributed by atoms with Gasteiger partial charge < -0.3 is 5.32 Å². The predicted molar refractivity (Wildman–Crippen MR) is 116 cm³/mol. The Morgan fingerprint density at radius 2 is 1.45 bits per heavy atom. The summed E-state index contributed by atoms with van der Waals surface area (Å²) in [5.41, 5.74) is 2.89. The van der Waals surface area contributed by atoms with Gasteiger partial charge in [0.05, 0.1) is 0 Å². The van der Waals surface area contributed by atoms with Crippen LogP contribution in [-0.4, -0.2) is 20.3 Å². The fourth-order valence-electron chi connectivity index (χ4n) is 3.08. The number of nitrogens with one attached hydrogen (secondary N) is 1. The maximum absolute atomic E-state index is 12.5. The first-order chi connectivity index (χ1) is 14.2. The zero-order valence-electron chi connectivity index (χ0n) is 15.7. The molecular weight excluding hydrogens is 380 g/mol. The average Bonchev–Trinajstić information content (AvgIpc) is 3.10. The summed E-state index contributed by atoms with van der Waals surface area (Å²) in [6, 6.07) is 29.5. The lowest BCUT2D eigenvalue weighted by Gasteiger charge is -2.06. The van der Waals surface area contributed by atoms with Gasteiger partial charge in [0, 0.05) is 17.8 Å². The van der Waals surface area contributed by atoms with Gasteiger partial charge in [-0.2, -0.15) is 5.10 Å². The van der Waals surface area contributed by atoms with Crippen LogP contribution in [0.4, 0.5) is 0 Å². The molecule has 5 nitrogen and oxygen atoms in total. The van der Waals surface area contributed by atoms with Gasteiger partial charge in [-0.25, -0.2) is 4.68 Å². The Bertz CT molecular complexity index is 1150. The number of carbonyl (C=O) groups excluding carboxylic acids is 1. The monoisotopic (exact) mass is 400 g/mol. The minimum atomic E-state index is -0.137. The predicted octanol–water partition coefficient (Wildman–Crippen LogP) is 4.39. The van der Waals surface area contributed by atoms with E-state index in [0.29, 0.717) is 17.1 Å². The normalized spacial score (nSPS) is 10.6. The zero-order valence-corrected chi connectivity index (χ0v) is 16.5. The van der Waals surface area contributed by atoms with E-state index < -0.39 is 0 Å². The van der Waals surface area contributed by atoms with E-state index in [4.69, 9.17) is 12.2 Å². The van der Waals surface area contributed by atoms with Crippen molar-refractivity contribution in [2.75, 3.05) is 0 Å². The molecule has 0 atom stereocenters. The molecule has 1 aromatic heterocycles. The number of nitrogens with zero attached hydrogens (tertiary/aromatic N) is 3. The summed E-state index contributed by atoms with van der Waals surface area (Å²) >= 11 is 5.67. The molecule has 0 saturated heterocycles. The van der Waals surface area contributed by atoms with E-state index >= 15 is 0 Å². The molecule has 4 aromatic rings. The highest BCUT2D eigenvalue weighted by atomic mass is 32.1. The fourth-order valence-corrected chi connectivity index (χ4v) is 3.38. The lowest BCUT2D eigenvalue weighted by atomic mass is 10.2. The minimum Gasteiger partial charge on any atom is -0.350 e. The van der Waals surface area contributed by atoms with E-state index in [1.165, 1.54) is 0 Å². The molecule has 0 spiro atoms. The molecule has 4 rings (SSSR count). The van der Waals surface area contributed by atoms with Crippen LogP contribution < -0.4 is 5.32 Å². The number of carbonyl (C=O) groups is 1. The van der Waals surface area contributed by atoms with Crippen LogP contribution in [0.1, 0.15) is 5.56 Å². The van der Waals surface area contributed by atoms with E-state index in [2.05, 4.69) is 10.4 Å². The number of hydrogen-bond acceptors (Lipinski definition) is 3. The van der Waals surface area contributed by atoms with Crippen LogP contribution in [0.3, 0.4) is 0 Å². The molecule has 144 valence electrons. The fraction of sp³-hybridized carbons (Fsp3) is 0.0870. The second kappa shape index (κ2) is 8.67. The Morgan fingerprint density at radius 1 is 0.862 bits per heavy atom. The van der Waals surface area contributed by atoms with Crippen LogP contribution in [0.25, 0.3) is 17.1 Å². The van der Waals surface area contributed by atoms with E-state index in [-0.39, 0.29) is 12.5 Å². The van der Waals surface area contributed by atoms with E-state index in [9.17, 15) is 4.79 Å². The first kappa shape index (κ1) is 18.8. The Labute approximate surface area is 174 Å². The van der Waals surface area contributed by atoms with Crippen LogP contribution >= 0.6 is 12.2 Å². The van der Waals surface area contributed by atoms with Gasteiger partial charge in [0.2, 0.25) is 10.7 Å². The van der Waals surface area contributed by atoms with Gasteiger partial charge in [-0.3, -0.25) is 9.36 Å². The maximum Gasteiger partial charge on any atom is 0.242 e. The lowest BCUT2D eigenvalue weighted by molar-refractivity contribution is -0.122. The van der Waals surface area contributed by atoms with E-state index in [1.807, 2.05) is 95.6 Å². The Morgan fingerprint density at radius 3 is 2.10 bits per heavy atom. The smallest absolute Gasteiger partial charge is 0.242 e. The molecule has 1 N–H and O–H groups in total. The number of rotatable bonds is 6. The second-order valence-corrected chi connectivity index (χ2v) is 6.93. The second-order valence-electron chi connectivity index (χ2n) is 6.56. The van der Waals surface area contributed by atoms with E-state index in [1.54, 1.807) is 4.68 Å². The first-order valence-electron chi connectivity index (χ1n) is 9.34. The van der Waals surface area contributed by atoms with Crippen LogP contribution in [0.2, 0.25) is 0 Å². The molecule has 1 heterocycles. The highest BCUT2D eigenvalue weighted by molar-refractivity contribution is 7.71. The topological polar surface area (TPSA) is 51.9 Å². The van der Waals surface area contributed by atoms with Gasteiger partial charge in [-0.15, -0.1) is 0 Å². The SMILES string of the molecule is O=C(Cn1nc(-c2ccccc2)n(-c2ccccc2)c1=S)NCc1ccccc1. The molecule has 6 heteroatoms. The Kier molecular flexibility index (Phi) is 5.63. The highest BCUT2D eigenvalue weighted by Gasteiger charge is 2.16. The van der Waals surface area contributed by atoms with Gasteiger partial charge in [0.25, 0.3) is 0 Å². The van der Waals surface area contributed by atoms with Crippen molar-refractivity contribution in [3.05, 3.63) is 101 Å². The molecule has 1 amide bonds. The van der Waals surface area contributed by atoms with Crippen molar-refractivity contribution in [2.45, 2.75) is 13.1 Å². The van der Waals surface area contributed by atoms with Crippen molar-refractivity contribution in [1.82, 2.24) is 19.7 Å². The number of benzene rings is 3. The quantitative estimate of drug-likeness (QED) is 0.489. The summed E-state index contributed by atoms with van der Waals surface area (Å²) in [7, 11) is 0. The molecule has 0 radical (unpaired) electrons. The number of amides is 1. The van der Waals surface area contributed by atoms with Crippen LogP contribution in [0, 0.1) is 4.77 Å². The first-order valence-corrected chi connectivity index (χ1v) is 9.74. The minimum absolute atomic E-state index is 0.0608. The molecular formula is C23H20N4OS. The molecule has 0 aliphatic carbocycles. The molecule has 0 bridgehead atoms. The zero-order chi connectivity index (χ0) is 20.1. The number of para-hydroxylation sites is 1. The van der Waals surface area contributed by atoms with Crippen molar-refractivity contribution < 1.29 is 4.79 Å². The third-order valence-corrected chi connectivity index (χ3v) is 4.90. The van der Waals surface area contributed by atoms with Gasteiger partial charge >= 0.3 is 0 Å².